The molecule has 29 heavy (non-hydrogen) atoms. The number of hydrogen-bond donors (Lipinski definition) is 2. The van der Waals surface area contributed by atoms with Crippen molar-refractivity contribution in [2.75, 3.05) is 13.2 Å². The first-order valence-corrected chi connectivity index (χ1v) is 11.1. The minimum atomic E-state index is 0.00424. The van der Waals surface area contributed by atoms with Crippen molar-refractivity contribution in [2.24, 2.45) is 0 Å². The van der Waals surface area contributed by atoms with Gasteiger partial charge >= 0.3 is 0 Å². The van der Waals surface area contributed by atoms with Gasteiger partial charge in [-0.05, 0) is 57.8 Å². The lowest BCUT2D eigenvalue weighted by Crippen LogP contribution is -2.25. The highest BCUT2D eigenvalue weighted by atomic mass is 16.3. The van der Waals surface area contributed by atoms with Gasteiger partial charge in [0.15, 0.2) is 0 Å². The Balaban J connectivity index is 3.50. The summed E-state index contributed by atoms with van der Waals surface area (Å²) in [5, 5.41) is 11.3. The molecule has 3 nitrogen and oxygen atoms in total. The fourth-order valence-electron chi connectivity index (χ4n) is 2.47. The summed E-state index contributed by atoms with van der Waals surface area (Å²) in [6.45, 7) is 2.51. The third-order valence-corrected chi connectivity index (χ3v) is 4.06. The molecule has 2 N–H and O–H groups in total. The molecule has 1 amide bonds. The Labute approximate surface area is 178 Å². The molecule has 0 bridgehead atoms. The third kappa shape index (κ3) is 23.8. The van der Waals surface area contributed by atoms with Crippen LogP contribution in [0.4, 0.5) is 0 Å². The molecule has 3 heteroatoms. The van der Waals surface area contributed by atoms with Gasteiger partial charge in [0.1, 0.15) is 0 Å². The highest BCUT2D eigenvalue weighted by Gasteiger charge is 1.98. The molecule has 0 atom stereocenters. The first kappa shape index (κ1) is 26.9. The van der Waals surface area contributed by atoms with E-state index in [4.69, 9.17) is 5.11 Å². The fraction of sp³-hybridized carbons (Fsp3) is 0.500. The Kier molecular flexibility index (Phi) is 22.2. The quantitative estimate of drug-likeness (QED) is 0.208. The second-order valence-corrected chi connectivity index (χ2v) is 6.73. The molecule has 162 valence electrons. The molecular weight excluding hydrogens is 358 g/mol. The maximum atomic E-state index is 11.3. The number of amides is 1. The first-order chi connectivity index (χ1) is 14.3. The topological polar surface area (TPSA) is 49.3 Å². The first-order valence-electron chi connectivity index (χ1n) is 11.1. The molecule has 0 radical (unpaired) electrons. The summed E-state index contributed by atoms with van der Waals surface area (Å²) < 4.78 is 0. The van der Waals surface area contributed by atoms with Crippen LogP contribution in [0.15, 0.2) is 72.9 Å². The fourth-order valence-corrected chi connectivity index (χ4v) is 2.47. The van der Waals surface area contributed by atoms with Crippen molar-refractivity contribution in [3.63, 3.8) is 0 Å². The molecule has 0 aromatic carbocycles. The Bertz CT molecular complexity index is 539. The summed E-state index contributed by atoms with van der Waals surface area (Å²) in [6, 6.07) is 0. The number of hydrogen-bond acceptors (Lipinski definition) is 2. The molecule has 0 heterocycles. The zero-order valence-corrected chi connectivity index (χ0v) is 18.3. The number of nitrogens with one attached hydrogen (secondary N) is 1. The van der Waals surface area contributed by atoms with Gasteiger partial charge in [-0.2, -0.15) is 0 Å². The second-order valence-electron chi connectivity index (χ2n) is 6.73. The molecule has 0 fully saturated rings. The molecule has 0 spiro atoms. The number of allylic oxidation sites excluding steroid dienone is 12. The molecule has 0 saturated carbocycles. The second kappa shape index (κ2) is 23.9. The number of rotatable bonds is 18. The third-order valence-electron chi connectivity index (χ3n) is 4.06. The van der Waals surface area contributed by atoms with Gasteiger partial charge in [0.05, 0.1) is 6.61 Å². The summed E-state index contributed by atoms with van der Waals surface area (Å²) in [5.41, 5.74) is 0. The largest absolute Gasteiger partial charge is 0.395 e. The van der Waals surface area contributed by atoms with Crippen molar-refractivity contribution in [1.82, 2.24) is 5.32 Å². The van der Waals surface area contributed by atoms with E-state index in [9.17, 15) is 4.79 Å². The Morgan fingerprint density at radius 3 is 1.59 bits per heavy atom. The minimum Gasteiger partial charge on any atom is -0.395 e. The lowest BCUT2D eigenvalue weighted by atomic mass is 10.1. The van der Waals surface area contributed by atoms with Crippen LogP contribution in [0.3, 0.4) is 0 Å². The lowest BCUT2D eigenvalue weighted by Gasteiger charge is -2.01. The van der Waals surface area contributed by atoms with Crippen molar-refractivity contribution in [3.8, 4) is 0 Å². The highest BCUT2D eigenvalue weighted by molar-refractivity contribution is 5.75. The van der Waals surface area contributed by atoms with Gasteiger partial charge in [-0.15, -0.1) is 0 Å². The zero-order valence-electron chi connectivity index (χ0n) is 18.3. The van der Waals surface area contributed by atoms with E-state index in [0.29, 0.717) is 13.0 Å². The minimum absolute atomic E-state index is 0.00424. The van der Waals surface area contributed by atoms with Crippen LogP contribution in [0.5, 0.6) is 0 Å². The van der Waals surface area contributed by atoms with Gasteiger partial charge in [0.25, 0.3) is 0 Å². The van der Waals surface area contributed by atoms with E-state index >= 15 is 0 Å². The van der Waals surface area contributed by atoms with Crippen LogP contribution in [0.1, 0.15) is 71.1 Å². The van der Waals surface area contributed by atoms with Crippen LogP contribution in [0.2, 0.25) is 0 Å². The van der Waals surface area contributed by atoms with Gasteiger partial charge in [-0.25, -0.2) is 0 Å². The van der Waals surface area contributed by atoms with Gasteiger partial charge in [0, 0.05) is 13.0 Å². The summed E-state index contributed by atoms with van der Waals surface area (Å²) in [5.74, 6) is 0.0295. The molecule has 0 rings (SSSR count). The summed E-state index contributed by atoms with van der Waals surface area (Å²) in [6.07, 6.45) is 36.0. The van der Waals surface area contributed by atoms with Gasteiger partial charge in [-0.3, -0.25) is 4.79 Å². The number of unbranched alkanes of at least 4 members (excludes halogenated alkanes) is 2. The Morgan fingerprint density at radius 1 is 0.690 bits per heavy atom. The summed E-state index contributed by atoms with van der Waals surface area (Å²) in [4.78, 5) is 11.3. The smallest absolute Gasteiger partial charge is 0.220 e. The van der Waals surface area contributed by atoms with E-state index in [1.54, 1.807) is 0 Å². The molecule has 0 saturated heterocycles. The normalized spacial score (nSPS) is 12.8. The zero-order chi connectivity index (χ0) is 21.3. The van der Waals surface area contributed by atoms with Crippen molar-refractivity contribution in [1.29, 1.82) is 0 Å². The standard InChI is InChI=1S/C26H41NO2/c1-2-3-4-5-6-7-8-9-10-11-12-13-14-15-16-17-18-19-20-21-22-23-26(29)27-24-25-28/h3-4,6-7,9-10,12-13,15-16,18-19,28H,2,5,8,11,14,17,20-25H2,1H3,(H,27,29)/b4-3-,7-6-,10-9-,13-12-,16-15-,19-18-. The summed E-state index contributed by atoms with van der Waals surface area (Å²) >= 11 is 0. The SMILES string of the molecule is CC/C=C\C/C=C\C/C=C\C/C=C\C/C=C\C/C=C\CCCCC(=O)NCCO. The maximum absolute atomic E-state index is 11.3. The maximum Gasteiger partial charge on any atom is 0.220 e. The number of carbonyl (C=O) groups is 1. The van der Waals surface area contributed by atoms with Crippen LogP contribution in [-0.2, 0) is 4.79 Å². The lowest BCUT2D eigenvalue weighted by molar-refractivity contribution is -0.121. The molecule has 0 aliphatic heterocycles. The van der Waals surface area contributed by atoms with Crippen LogP contribution >= 0.6 is 0 Å². The molecule has 0 aromatic rings. The number of aliphatic hydroxyl groups excluding tert-OH is 1. The van der Waals surface area contributed by atoms with Crippen molar-refractivity contribution < 1.29 is 9.90 Å². The molecule has 0 unspecified atom stereocenters. The van der Waals surface area contributed by atoms with Gasteiger partial charge in [0.2, 0.25) is 5.91 Å². The van der Waals surface area contributed by atoms with E-state index in [0.717, 1.165) is 57.8 Å². The van der Waals surface area contributed by atoms with E-state index in [2.05, 4.69) is 85.2 Å². The number of carbonyl (C=O) groups excluding carboxylic acids is 1. The van der Waals surface area contributed by atoms with Gasteiger partial charge < -0.3 is 10.4 Å². The van der Waals surface area contributed by atoms with Crippen LogP contribution < -0.4 is 5.32 Å². The van der Waals surface area contributed by atoms with E-state index < -0.39 is 0 Å². The summed E-state index contributed by atoms with van der Waals surface area (Å²) in [7, 11) is 0. The van der Waals surface area contributed by atoms with E-state index in [1.807, 2.05) is 0 Å². The average Bonchev–Trinajstić information content (AvgIpc) is 2.73. The van der Waals surface area contributed by atoms with Crippen molar-refractivity contribution >= 4 is 5.91 Å². The molecule has 0 aliphatic rings. The van der Waals surface area contributed by atoms with Gasteiger partial charge in [-0.1, -0.05) is 79.8 Å². The average molecular weight is 400 g/mol. The van der Waals surface area contributed by atoms with Crippen LogP contribution in [0, 0.1) is 0 Å². The van der Waals surface area contributed by atoms with Crippen LogP contribution in [0.25, 0.3) is 0 Å². The van der Waals surface area contributed by atoms with Crippen molar-refractivity contribution in [3.05, 3.63) is 72.9 Å². The highest BCUT2D eigenvalue weighted by Crippen LogP contribution is 2.02. The van der Waals surface area contributed by atoms with E-state index in [1.165, 1.54) is 0 Å². The van der Waals surface area contributed by atoms with Crippen molar-refractivity contribution in [2.45, 2.75) is 71.1 Å². The Hall–Kier alpha value is -2.13. The predicted molar refractivity (Wildman–Crippen MR) is 127 cm³/mol. The van der Waals surface area contributed by atoms with Crippen LogP contribution in [-0.4, -0.2) is 24.2 Å². The van der Waals surface area contributed by atoms with E-state index in [-0.39, 0.29) is 12.5 Å². The predicted octanol–water partition coefficient (Wildman–Crippen LogP) is 6.35. The molecule has 0 aliphatic carbocycles. The Morgan fingerprint density at radius 2 is 1.14 bits per heavy atom. The number of aliphatic hydroxyl groups is 1. The molecular formula is C26H41NO2. The molecule has 0 aromatic heterocycles. The monoisotopic (exact) mass is 399 g/mol.